The van der Waals surface area contributed by atoms with E-state index in [4.69, 9.17) is 5.73 Å². The minimum atomic E-state index is 0.0720. The molecule has 0 aromatic heterocycles. The van der Waals surface area contributed by atoms with Crippen molar-refractivity contribution >= 4 is 17.3 Å². The molecule has 1 aromatic carbocycles. The molecule has 3 N–H and O–H groups in total. The van der Waals surface area contributed by atoms with Crippen LogP contribution in [0.2, 0.25) is 0 Å². The third kappa shape index (κ3) is 2.52. The van der Waals surface area contributed by atoms with Crippen molar-refractivity contribution in [2.75, 3.05) is 30.3 Å². The molecule has 0 spiro atoms. The molecule has 17 heavy (non-hydrogen) atoms. The molecule has 92 valence electrons. The van der Waals surface area contributed by atoms with Crippen LogP contribution in [0.5, 0.6) is 0 Å². The third-order valence-electron chi connectivity index (χ3n) is 3.09. The van der Waals surface area contributed by atoms with Crippen molar-refractivity contribution in [1.29, 1.82) is 0 Å². The predicted molar refractivity (Wildman–Crippen MR) is 70.1 cm³/mol. The van der Waals surface area contributed by atoms with Crippen molar-refractivity contribution in [2.24, 2.45) is 0 Å². The predicted octanol–water partition coefficient (Wildman–Crippen LogP) is 1.16. The topological polar surface area (TPSA) is 58.4 Å². The van der Waals surface area contributed by atoms with Crippen molar-refractivity contribution < 1.29 is 4.79 Å². The number of nitrogen functional groups attached to an aromatic ring is 1. The van der Waals surface area contributed by atoms with E-state index in [0.29, 0.717) is 13.1 Å². The van der Waals surface area contributed by atoms with E-state index < -0.39 is 0 Å². The summed E-state index contributed by atoms with van der Waals surface area (Å²) in [4.78, 5) is 13.7. The molecule has 0 unspecified atom stereocenters. The number of hydrogen-bond acceptors (Lipinski definition) is 3. The van der Waals surface area contributed by atoms with E-state index in [9.17, 15) is 4.79 Å². The highest BCUT2D eigenvalue weighted by atomic mass is 16.2. The van der Waals surface area contributed by atoms with Gasteiger partial charge in [0.15, 0.2) is 0 Å². The molecule has 0 aliphatic carbocycles. The van der Waals surface area contributed by atoms with Crippen molar-refractivity contribution in [3.63, 3.8) is 0 Å². The van der Waals surface area contributed by atoms with Gasteiger partial charge in [0.2, 0.25) is 5.91 Å². The number of amides is 1. The van der Waals surface area contributed by atoms with Gasteiger partial charge in [-0.2, -0.15) is 0 Å². The molecule has 0 bridgehead atoms. The molecule has 0 saturated carbocycles. The molecule has 0 radical (unpaired) electrons. The Kier molecular flexibility index (Phi) is 3.52. The van der Waals surface area contributed by atoms with Crippen molar-refractivity contribution in [2.45, 2.75) is 19.8 Å². The van der Waals surface area contributed by atoms with Crippen molar-refractivity contribution in [1.82, 2.24) is 5.32 Å². The molecule has 1 heterocycles. The van der Waals surface area contributed by atoms with Crippen LogP contribution in [0.25, 0.3) is 0 Å². The fourth-order valence-electron chi connectivity index (χ4n) is 2.32. The Labute approximate surface area is 102 Å². The minimum Gasteiger partial charge on any atom is -0.398 e. The molecule has 1 amide bonds. The summed E-state index contributed by atoms with van der Waals surface area (Å²) < 4.78 is 0. The Bertz CT molecular complexity index is 417. The van der Waals surface area contributed by atoms with Gasteiger partial charge >= 0.3 is 0 Å². The summed E-state index contributed by atoms with van der Waals surface area (Å²) in [7, 11) is 0. The molecule has 4 nitrogen and oxygen atoms in total. The number of rotatable bonds is 3. The Balaban J connectivity index is 2.17. The maximum atomic E-state index is 11.6. The summed E-state index contributed by atoms with van der Waals surface area (Å²) >= 11 is 0. The highest BCUT2D eigenvalue weighted by Gasteiger charge is 2.19. The highest BCUT2D eigenvalue weighted by molar-refractivity contribution is 5.82. The van der Waals surface area contributed by atoms with Crippen LogP contribution in [-0.4, -0.2) is 25.5 Å². The maximum Gasteiger partial charge on any atom is 0.239 e. The number of nitrogens with two attached hydrogens (primary N) is 1. The zero-order chi connectivity index (χ0) is 12.3. The first-order chi connectivity index (χ1) is 8.22. The van der Waals surface area contributed by atoms with Gasteiger partial charge in [0, 0.05) is 24.5 Å². The van der Waals surface area contributed by atoms with Crippen LogP contribution in [0.3, 0.4) is 0 Å². The summed E-state index contributed by atoms with van der Waals surface area (Å²) in [6.07, 6.45) is 2.06. The first-order valence-electron chi connectivity index (χ1n) is 6.11. The van der Waals surface area contributed by atoms with Gasteiger partial charge in [0.1, 0.15) is 0 Å². The Morgan fingerprint density at radius 2 is 2.35 bits per heavy atom. The van der Waals surface area contributed by atoms with E-state index in [2.05, 4.69) is 10.2 Å². The second kappa shape index (κ2) is 5.08. The first kappa shape index (κ1) is 11.8. The summed E-state index contributed by atoms with van der Waals surface area (Å²) in [6.45, 7) is 3.95. The lowest BCUT2D eigenvalue weighted by molar-refractivity contribution is -0.119. The van der Waals surface area contributed by atoms with E-state index in [1.807, 2.05) is 25.1 Å². The van der Waals surface area contributed by atoms with Crippen molar-refractivity contribution in [3.05, 3.63) is 23.8 Å². The molecule has 1 aliphatic rings. The quantitative estimate of drug-likeness (QED) is 0.770. The normalized spacial score (nSPS) is 14.3. The van der Waals surface area contributed by atoms with Crippen LogP contribution in [0.15, 0.2) is 18.2 Å². The number of carbonyl (C=O) groups is 1. The van der Waals surface area contributed by atoms with E-state index in [1.165, 1.54) is 5.56 Å². The molecule has 0 fully saturated rings. The van der Waals surface area contributed by atoms with Gasteiger partial charge in [-0.25, -0.2) is 0 Å². The number of carbonyl (C=O) groups excluding carboxylic acids is 1. The molecular formula is C13H19N3O. The third-order valence-corrected chi connectivity index (χ3v) is 3.09. The number of fused-ring (bicyclic) bond motifs is 1. The van der Waals surface area contributed by atoms with Gasteiger partial charge in [-0.05, 0) is 37.5 Å². The van der Waals surface area contributed by atoms with Gasteiger partial charge in [0.25, 0.3) is 0 Å². The fraction of sp³-hybridized carbons (Fsp3) is 0.462. The van der Waals surface area contributed by atoms with Crippen LogP contribution in [0, 0.1) is 0 Å². The molecular weight excluding hydrogens is 214 g/mol. The second-order valence-electron chi connectivity index (χ2n) is 4.32. The van der Waals surface area contributed by atoms with E-state index in [-0.39, 0.29) is 5.91 Å². The van der Waals surface area contributed by atoms with Gasteiger partial charge in [-0.15, -0.1) is 0 Å². The lowest BCUT2D eigenvalue weighted by atomic mass is 10.00. The largest absolute Gasteiger partial charge is 0.398 e. The Morgan fingerprint density at radius 3 is 3.12 bits per heavy atom. The number of nitrogens with zero attached hydrogens (tertiary/aromatic N) is 1. The summed E-state index contributed by atoms with van der Waals surface area (Å²) in [5.41, 5.74) is 9.10. The van der Waals surface area contributed by atoms with Gasteiger partial charge in [0.05, 0.1) is 6.54 Å². The lowest BCUT2D eigenvalue weighted by Gasteiger charge is -2.31. The first-order valence-corrected chi connectivity index (χ1v) is 6.11. The maximum absolute atomic E-state index is 11.6. The van der Waals surface area contributed by atoms with Crippen LogP contribution in [0.4, 0.5) is 11.4 Å². The van der Waals surface area contributed by atoms with Crippen LogP contribution < -0.4 is 16.0 Å². The van der Waals surface area contributed by atoms with Crippen LogP contribution >= 0.6 is 0 Å². The SMILES string of the molecule is CCNC(=O)CN1CCCc2c(N)cccc21. The Hall–Kier alpha value is -1.71. The average molecular weight is 233 g/mol. The number of nitrogens with one attached hydrogen (secondary N) is 1. The Morgan fingerprint density at radius 1 is 1.53 bits per heavy atom. The van der Waals surface area contributed by atoms with Crippen LogP contribution in [0.1, 0.15) is 18.9 Å². The fourth-order valence-corrected chi connectivity index (χ4v) is 2.32. The average Bonchev–Trinajstić information content (AvgIpc) is 2.31. The van der Waals surface area contributed by atoms with E-state index >= 15 is 0 Å². The molecule has 2 rings (SSSR count). The van der Waals surface area contributed by atoms with Gasteiger partial charge in [-0.1, -0.05) is 6.07 Å². The number of likely N-dealkylation sites (N-methyl/N-ethyl adjacent to an activating group) is 1. The molecule has 1 aliphatic heterocycles. The summed E-state index contributed by atoms with van der Waals surface area (Å²) in [6, 6.07) is 5.92. The van der Waals surface area contributed by atoms with Gasteiger partial charge in [-0.3, -0.25) is 4.79 Å². The number of benzene rings is 1. The number of hydrogen-bond donors (Lipinski definition) is 2. The summed E-state index contributed by atoms with van der Waals surface area (Å²) in [5.74, 6) is 0.0720. The zero-order valence-electron chi connectivity index (χ0n) is 10.2. The summed E-state index contributed by atoms with van der Waals surface area (Å²) in [5, 5.41) is 2.83. The number of anilines is 2. The van der Waals surface area contributed by atoms with Gasteiger partial charge < -0.3 is 16.0 Å². The lowest BCUT2D eigenvalue weighted by Crippen LogP contribution is -2.39. The minimum absolute atomic E-state index is 0.0720. The molecule has 1 aromatic rings. The standard InChI is InChI=1S/C13H19N3O/c1-2-15-13(17)9-16-8-4-5-10-11(14)6-3-7-12(10)16/h3,6-7H,2,4-5,8-9,14H2,1H3,(H,15,17). The zero-order valence-corrected chi connectivity index (χ0v) is 10.2. The van der Waals surface area contributed by atoms with Crippen molar-refractivity contribution in [3.8, 4) is 0 Å². The monoisotopic (exact) mass is 233 g/mol. The molecule has 0 atom stereocenters. The molecule has 0 saturated heterocycles. The smallest absolute Gasteiger partial charge is 0.239 e. The van der Waals surface area contributed by atoms with Crippen LogP contribution in [-0.2, 0) is 11.2 Å². The molecule has 4 heteroatoms. The van der Waals surface area contributed by atoms with E-state index in [1.54, 1.807) is 0 Å². The highest BCUT2D eigenvalue weighted by Crippen LogP contribution is 2.30. The second-order valence-corrected chi connectivity index (χ2v) is 4.32. The van der Waals surface area contributed by atoms with E-state index in [0.717, 1.165) is 30.8 Å².